The van der Waals surface area contributed by atoms with Gasteiger partial charge >= 0.3 is 0 Å². The van der Waals surface area contributed by atoms with Crippen molar-refractivity contribution in [2.45, 2.75) is 0 Å². The molecule has 0 spiro atoms. The van der Waals surface area contributed by atoms with Crippen LogP contribution in [0.25, 0.3) is 23.0 Å². The molecule has 0 aliphatic rings. The Kier molecular flexibility index (Phi) is 2.53. The first-order valence-electron chi connectivity index (χ1n) is 5.10. The summed E-state index contributed by atoms with van der Waals surface area (Å²) < 4.78 is 10.2. The predicted octanol–water partition coefficient (Wildman–Crippen LogP) is 3.36. The number of hydrogen-bond donors (Lipinski definition) is 1. The van der Waals surface area contributed by atoms with Gasteiger partial charge in [0, 0.05) is 0 Å². The molecule has 0 aliphatic carbocycles. The molecule has 0 amide bonds. The van der Waals surface area contributed by atoms with Crippen LogP contribution < -0.4 is 0 Å². The van der Waals surface area contributed by atoms with E-state index < -0.39 is 0 Å². The highest BCUT2D eigenvalue weighted by molar-refractivity contribution is 6.33. The van der Waals surface area contributed by atoms with E-state index in [1.54, 1.807) is 18.2 Å². The van der Waals surface area contributed by atoms with Crippen LogP contribution in [0.1, 0.15) is 0 Å². The molecule has 90 valence electrons. The fraction of sp³-hybridized carbons (Fsp3) is 0. The van der Waals surface area contributed by atoms with Crippen LogP contribution in [0.2, 0.25) is 5.02 Å². The van der Waals surface area contributed by atoms with Crippen LogP contribution in [0.3, 0.4) is 0 Å². The summed E-state index contributed by atoms with van der Waals surface area (Å²) in [5.41, 5.74) is 0.474. The lowest BCUT2D eigenvalue weighted by molar-refractivity contribution is 0.428. The number of phenols is 1. The molecule has 18 heavy (non-hydrogen) atoms. The summed E-state index contributed by atoms with van der Waals surface area (Å²) in [6.45, 7) is 0. The fourth-order valence-electron chi connectivity index (χ4n) is 1.52. The molecular formula is C12H7ClN2O3. The molecule has 0 radical (unpaired) electrons. The molecule has 2 heterocycles. The summed E-state index contributed by atoms with van der Waals surface area (Å²) in [6.07, 6.45) is 1.52. The normalized spacial score (nSPS) is 10.7. The topological polar surface area (TPSA) is 72.3 Å². The first-order valence-corrected chi connectivity index (χ1v) is 5.48. The highest BCUT2D eigenvalue weighted by Crippen LogP contribution is 2.31. The summed E-state index contributed by atoms with van der Waals surface area (Å²) >= 11 is 6.00. The second-order valence-corrected chi connectivity index (χ2v) is 3.97. The SMILES string of the molecule is Oc1ccc(Cl)c(-c2nc(-c3ccco3)no2)c1. The Morgan fingerprint density at radius 1 is 1.22 bits per heavy atom. The number of nitrogens with zero attached hydrogens (tertiary/aromatic N) is 2. The predicted molar refractivity (Wildman–Crippen MR) is 64.1 cm³/mol. The number of benzene rings is 1. The molecule has 5 nitrogen and oxygen atoms in total. The lowest BCUT2D eigenvalue weighted by atomic mass is 10.2. The van der Waals surface area contributed by atoms with Crippen molar-refractivity contribution >= 4 is 11.6 Å². The van der Waals surface area contributed by atoms with Gasteiger partial charge in [0.25, 0.3) is 5.89 Å². The van der Waals surface area contributed by atoms with Crippen molar-refractivity contribution in [1.29, 1.82) is 0 Å². The third-order valence-corrected chi connectivity index (χ3v) is 2.68. The summed E-state index contributed by atoms with van der Waals surface area (Å²) in [4.78, 5) is 4.16. The van der Waals surface area contributed by atoms with Gasteiger partial charge in [-0.25, -0.2) is 0 Å². The molecule has 0 fully saturated rings. The maximum Gasteiger partial charge on any atom is 0.259 e. The van der Waals surface area contributed by atoms with Crippen molar-refractivity contribution in [2.24, 2.45) is 0 Å². The molecule has 0 atom stereocenters. The summed E-state index contributed by atoms with van der Waals surface area (Å²) in [6, 6.07) is 7.95. The maximum absolute atomic E-state index is 9.42. The lowest BCUT2D eigenvalue weighted by Crippen LogP contribution is -1.80. The minimum atomic E-state index is 0.0761. The van der Waals surface area contributed by atoms with Crippen LogP contribution >= 0.6 is 11.6 Å². The minimum Gasteiger partial charge on any atom is -0.508 e. The first kappa shape index (κ1) is 10.9. The Bertz CT molecular complexity index is 676. The molecule has 0 unspecified atom stereocenters. The number of rotatable bonds is 2. The van der Waals surface area contributed by atoms with E-state index in [-0.39, 0.29) is 11.6 Å². The van der Waals surface area contributed by atoms with Crippen molar-refractivity contribution in [3.8, 4) is 28.8 Å². The van der Waals surface area contributed by atoms with Gasteiger partial charge in [-0.3, -0.25) is 0 Å². The number of hydrogen-bond acceptors (Lipinski definition) is 5. The standard InChI is InChI=1S/C12H7ClN2O3/c13-9-4-3-7(16)6-8(9)12-14-11(15-18-12)10-2-1-5-17-10/h1-6,16H. The van der Waals surface area contributed by atoms with E-state index in [2.05, 4.69) is 10.1 Å². The van der Waals surface area contributed by atoms with E-state index >= 15 is 0 Å². The molecule has 3 rings (SSSR count). The third kappa shape index (κ3) is 1.84. The summed E-state index contributed by atoms with van der Waals surface area (Å²) in [5.74, 6) is 1.13. The van der Waals surface area contributed by atoms with E-state index in [0.29, 0.717) is 22.2 Å². The number of aromatic nitrogens is 2. The maximum atomic E-state index is 9.42. The van der Waals surface area contributed by atoms with Gasteiger partial charge in [0.1, 0.15) is 5.75 Å². The Balaban J connectivity index is 2.05. The Morgan fingerprint density at radius 2 is 2.11 bits per heavy atom. The van der Waals surface area contributed by atoms with Crippen LogP contribution in [-0.2, 0) is 0 Å². The van der Waals surface area contributed by atoms with Crippen LogP contribution in [0.15, 0.2) is 45.5 Å². The number of aromatic hydroxyl groups is 1. The molecule has 3 aromatic rings. The van der Waals surface area contributed by atoms with E-state index in [1.807, 2.05) is 0 Å². The van der Waals surface area contributed by atoms with Crippen molar-refractivity contribution < 1.29 is 14.0 Å². The van der Waals surface area contributed by atoms with Crippen molar-refractivity contribution in [2.75, 3.05) is 0 Å². The quantitative estimate of drug-likeness (QED) is 0.767. The van der Waals surface area contributed by atoms with E-state index in [9.17, 15) is 5.11 Å². The smallest absolute Gasteiger partial charge is 0.259 e. The molecule has 2 aromatic heterocycles. The number of phenolic OH excluding ortho intramolecular Hbond substituents is 1. The Hall–Kier alpha value is -2.27. The third-order valence-electron chi connectivity index (χ3n) is 2.35. The van der Waals surface area contributed by atoms with Gasteiger partial charge in [0.05, 0.1) is 16.8 Å². The highest BCUT2D eigenvalue weighted by Gasteiger charge is 2.15. The van der Waals surface area contributed by atoms with Crippen LogP contribution in [0, 0.1) is 0 Å². The van der Waals surface area contributed by atoms with E-state index in [0.717, 1.165) is 0 Å². The largest absolute Gasteiger partial charge is 0.508 e. The van der Waals surface area contributed by atoms with Gasteiger partial charge in [-0.1, -0.05) is 16.8 Å². The second kappa shape index (κ2) is 4.19. The zero-order chi connectivity index (χ0) is 12.5. The molecule has 1 aromatic carbocycles. The van der Waals surface area contributed by atoms with Gasteiger partial charge < -0.3 is 14.0 Å². The second-order valence-electron chi connectivity index (χ2n) is 3.56. The molecule has 0 saturated carbocycles. The monoisotopic (exact) mass is 262 g/mol. The average molecular weight is 263 g/mol. The number of halogens is 1. The zero-order valence-electron chi connectivity index (χ0n) is 9.00. The van der Waals surface area contributed by atoms with Gasteiger partial charge in [-0.15, -0.1) is 0 Å². The van der Waals surface area contributed by atoms with E-state index in [4.69, 9.17) is 20.5 Å². The average Bonchev–Trinajstić information content (AvgIpc) is 3.00. The molecular weight excluding hydrogens is 256 g/mol. The van der Waals surface area contributed by atoms with Crippen LogP contribution in [0.4, 0.5) is 0 Å². The van der Waals surface area contributed by atoms with Crippen molar-refractivity contribution in [3.05, 3.63) is 41.6 Å². The molecule has 0 aliphatic heterocycles. The van der Waals surface area contributed by atoms with Gasteiger partial charge in [-0.2, -0.15) is 4.98 Å². The molecule has 0 saturated heterocycles. The van der Waals surface area contributed by atoms with Crippen LogP contribution in [0.5, 0.6) is 5.75 Å². The van der Waals surface area contributed by atoms with Crippen LogP contribution in [-0.4, -0.2) is 15.2 Å². The molecule has 0 bridgehead atoms. The first-order chi connectivity index (χ1) is 8.74. The number of furan rings is 1. The summed E-state index contributed by atoms with van der Waals surface area (Å²) in [5, 5.41) is 13.6. The summed E-state index contributed by atoms with van der Waals surface area (Å²) in [7, 11) is 0. The van der Waals surface area contributed by atoms with Gasteiger partial charge in [-0.05, 0) is 30.3 Å². The zero-order valence-corrected chi connectivity index (χ0v) is 9.76. The minimum absolute atomic E-state index is 0.0761. The van der Waals surface area contributed by atoms with Crippen molar-refractivity contribution in [1.82, 2.24) is 10.1 Å². The fourth-order valence-corrected chi connectivity index (χ4v) is 1.71. The Labute approximate surface area is 107 Å². The van der Waals surface area contributed by atoms with E-state index in [1.165, 1.54) is 18.4 Å². The van der Waals surface area contributed by atoms with Gasteiger partial charge in [0.2, 0.25) is 5.82 Å². The molecule has 1 N–H and O–H groups in total. The Morgan fingerprint density at radius 3 is 2.89 bits per heavy atom. The highest BCUT2D eigenvalue weighted by atomic mass is 35.5. The van der Waals surface area contributed by atoms with Gasteiger partial charge in [0.15, 0.2) is 5.76 Å². The van der Waals surface area contributed by atoms with Crippen molar-refractivity contribution in [3.63, 3.8) is 0 Å². The molecule has 6 heteroatoms. The lowest BCUT2D eigenvalue weighted by Gasteiger charge is -1.98.